The SMILES string of the molecule is Cc1ccc(C[C@H]2C(=O)N(c3ccc(Cl)cn3)C(=O)[C@@H]2C)cc1. The van der Waals surface area contributed by atoms with E-state index in [9.17, 15) is 9.59 Å². The summed E-state index contributed by atoms with van der Waals surface area (Å²) in [6, 6.07) is 11.3. The lowest BCUT2D eigenvalue weighted by atomic mass is 9.90. The molecule has 1 aliphatic heterocycles. The average molecular weight is 329 g/mol. The van der Waals surface area contributed by atoms with Crippen LogP contribution in [0.25, 0.3) is 0 Å². The number of benzene rings is 1. The van der Waals surface area contributed by atoms with Gasteiger partial charge >= 0.3 is 0 Å². The number of hydrogen-bond acceptors (Lipinski definition) is 3. The fourth-order valence-corrected chi connectivity index (χ4v) is 2.94. The van der Waals surface area contributed by atoms with Crippen molar-refractivity contribution in [2.45, 2.75) is 20.3 Å². The third-order valence-corrected chi connectivity index (χ3v) is 4.49. The summed E-state index contributed by atoms with van der Waals surface area (Å²) in [5.41, 5.74) is 2.22. The van der Waals surface area contributed by atoms with Gasteiger partial charge in [-0.2, -0.15) is 0 Å². The number of aromatic nitrogens is 1. The Labute approximate surface area is 140 Å². The van der Waals surface area contributed by atoms with Crippen LogP contribution in [0.4, 0.5) is 5.82 Å². The lowest BCUT2D eigenvalue weighted by Crippen LogP contribution is -2.31. The van der Waals surface area contributed by atoms with Crippen molar-refractivity contribution >= 4 is 29.2 Å². The van der Waals surface area contributed by atoms with Gasteiger partial charge in [0, 0.05) is 12.1 Å². The molecule has 23 heavy (non-hydrogen) atoms. The number of halogens is 1. The second-order valence-electron chi connectivity index (χ2n) is 5.93. The topological polar surface area (TPSA) is 50.3 Å². The molecule has 3 rings (SSSR count). The fraction of sp³-hybridized carbons (Fsp3) is 0.278. The van der Waals surface area contributed by atoms with E-state index in [4.69, 9.17) is 11.6 Å². The molecule has 0 N–H and O–H groups in total. The Hall–Kier alpha value is -2.20. The number of pyridine rings is 1. The van der Waals surface area contributed by atoms with Crippen LogP contribution in [-0.2, 0) is 16.0 Å². The Morgan fingerprint density at radius 2 is 1.78 bits per heavy atom. The van der Waals surface area contributed by atoms with Gasteiger partial charge in [0.05, 0.1) is 10.9 Å². The van der Waals surface area contributed by atoms with E-state index in [1.807, 2.05) is 31.2 Å². The normalized spacial score (nSPS) is 21.1. The van der Waals surface area contributed by atoms with Crippen molar-refractivity contribution in [1.82, 2.24) is 4.98 Å². The van der Waals surface area contributed by atoms with Gasteiger partial charge in [-0.25, -0.2) is 9.88 Å². The molecule has 0 radical (unpaired) electrons. The number of hydrogen-bond donors (Lipinski definition) is 0. The van der Waals surface area contributed by atoms with Crippen LogP contribution in [0.5, 0.6) is 0 Å². The highest BCUT2D eigenvalue weighted by Gasteiger charge is 2.46. The predicted octanol–water partition coefficient (Wildman–Crippen LogP) is 3.41. The Morgan fingerprint density at radius 3 is 2.39 bits per heavy atom. The van der Waals surface area contributed by atoms with Crippen LogP contribution in [0.3, 0.4) is 0 Å². The van der Waals surface area contributed by atoms with Crippen molar-refractivity contribution < 1.29 is 9.59 Å². The van der Waals surface area contributed by atoms with Gasteiger partial charge < -0.3 is 0 Å². The van der Waals surface area contributed by atoms with Crippen LogP contribution in [0.15, 0.2) is 42.6 Å². The number of imide groups is 1. The molecule has 0 bridgehead atoms. The molecule has 1 aromatic heterocycles. The van der Waals surface area contributed by atoms with Crippen molar-refractivity contribution in [3.05, 3.63) is 58.7 Å². The lowest BCUT2D eigenvalue weighted by Gasteiger charge is -2.14. The highest BCUT2D eigenvalue weighted by atomic mass is 35.5. The van der Waals surface area contributed by atoms with Crippen LogP contribution in [0.2, 0.25) is 5.02 Å². The summed E-state index contributed by atoms with van der Waals surface area (Å²) >= 11 is 5.82. The lowest BCUT2D eigenvalue weighted by molar-refractivity contribution is -0.122. The average Bonchev–Trinajstić information content (AvgIpc) is 2.74. The summed E-state index contributed by atoms with van der Waals surface area (Å²) < 4.78 is 0. The molecule has 0 saturated carbocycles. The zero-order chi connectivity index (χ0) is 16.6. The van der Waals surface area contributed by atoms with Gasteiger partial charge in [0.25, 0.3) is 0 Å². The first kappa shape index (κ1) is 15.7. The van der Waals surface area contributed by atoms with Gasteiger partial charge in [-0.15, -0.1) is 0 Å². The van der Waals surface area contributed by atoms with E-state index in [-0.39, 0.29) is 23.7 Å². The minimum absolute atomic E-state index is 0.196. The van der Waals surface area contributed by atoms with Gasteiger partial charge in [0.1, 0.15) is 5.82 Å². The predicted molar refractivity (Wildman–Crippen MR) is 89.3 cm³/mol. The first-order valence-electron chi connectivity index (χ1n) is 7.52. The van der Waals surface area contributed by atoms with Gasteiger partial charge in [-0.1, -0.05) is 48.4 Å². The maximum atomic E-state index is 12.7. The highest BCUT2D eigenvalue weighted by molar-refractivity contribution is 6.30. The molecule has 118 valence electrons. The van der Waals surface area contributed by atoms with Crippen LogP contribution in [0, 0.1) is 18.8 Å². The number of carbonyl (C=O) groups excluding carboxylic acids is 2. The van der Waals surface area contributed by atoms with Crippen molar-refractivity contribution in [1.29, 1.82) is 0 Å². The molecular weight excluding hydrogens is 312 g/mol. The van der Waals surface area contributed by atoms with E-state index in [0.29, 0.717) is 17.3 Å². The maximum Gasteiger partial charge on any atom is 0.239 e. The molecule has 1 aliphatic rings. The molecular formula is C18H17ClN2O2. The third kappa shape index (κ3) is 2.99. The van der Waals surface area contributed by atoms with E-state index < -0.39 is 0 Å². The molecule has 4 nitrogen and oxygen atoms in total. The van der Waals surface area contributed by atoms with Crippen LogP contribution in [0.1, 0.15) is 18.1 Å². The van der Waals surface area contributed by atoms with Crippen molar-refractivity contribution in [3.63, 3.8) is 0 Å². The number of aryl methyl sites for hydroxylation is 1. The molecule has 0 spiro atoms. The molecule has 1 aromatic carbocycles. The fourth-order valence-electron chi connectivity index (χ4n) is 2.83. The number of nitrogens with zero attached hydrogens (tertiary/aromatic N) is 2. The molecule has 1 fully saturated rings. The molecule has 1 saturated heterocycles. The van der Waals surface area contributed by atoms with Crippen molar-refractivity contribution in [2.75, 3.05) is 4.90 Å². The number of amides is 2. The summed E-state index contributed by atoms with van der Waals surface area (Å²) in [4.78, 5) is 30.5. The van der Waals surface area contributed by atoms with Gasteiger partial charge in [-0.3, -0.25) is 9.59 Å². The molecule has 0 unspecified atom stereocenters. The highest BCUT2D eigenvalue weighted by Crippen LogP contribution is 2.32. The quantitative estimate of drug-likeness (QED) is 0.811. The molecule has 5 heteroatoms. The molecule has 0 aliphatic carbocycles. The Kier molecular flexibility index (Phi) is 4.18. The summed E-state index contributed by atoms with van der Waals surface area (Å²) in [5.74, 6) is -0.786. The minimum Gasteiger partial charge on any atom is -0.274 e. The minimum atomic E-state index is -0.360. The molecule has 2 amide bonds. The Balaban J connectivity index is 1.85. The van der Waals surface area contributed by atoms with E-state index in [0.717, 1.165) is 5.56 Å². The second kappa shape index (κ2) is 6.13. The Morgan fingerprint density at radius 1 is 1.09 bits per heavy atom. The number of anilines is 1. The smallest absolute Gasteiger partial charge is 0.239 e. The van der Waals surface area contributed by atoms with Gasteiger partial charge in [-0.05, 0) is 31.0 Å². The third-order valence-electron chi connectivity index (χ3n) is 4.27. The summed E-state index contributed by atoms with van der Waals surface area (Å²) in [5, 5.41) is 0.470. The van der Waals surface area contributed by atoms with Crippen molar-refractivity contribution in [3.8, 4) is 0 Å². The standard InChI is InChI=1S/C18H17ClN2O2/c1-11-3-5-13(6-4-11)9-15-12(2)17(22)21(18(15)23)16-8-7-14(19)10-20-16/h3-8,10,12,15H,9H2,1-2H3/t12-,15-/m1/s1. The maximum absolute atomic E-state index is 12.7. The molecule has 2 heterocycles. The van der Waals surface area contributed by atoms with E-state index in [1.165, 1.54) is 16.7 Å². The Bertz CT molecular complexity index is 741. The number of rotatable bonds is 3. The monoisotopic (exact) mass is 328 g/mol. The summed E-state index contributed by atoms with van der Waals surface area (Å²) in [6.07, 6.45) is 1.99. The summed E-state index contributed by atoms with van der Waals surface area (Å²) in [7, 11) is 0. The van der Waals surface area contributed by atoms with Gasteiger partial charge in [0.15, 0.2) is 0 Å². The molecule has 2 aromatic rings. The zero-order valence-corrected chi connectivity index (χ0v) is 13.7. The molecule has 2 atom stereocenters. The largest absolute Gasteiger partial charge is 0.274 e. The first-order valence-corrected chi connectivity index (χ1v) is 7.90. The van der Waals surface area contributed by atoms with E-state index in [1.54, 1.807) is 19.1 Å². The van der Waals surface area contributed by atoms with Crippen LogP contribution >= 0.6 is 11.6 Å². The van der Waals surface area contributed by atoms with Crippen LogP contribution < -0.4 is 4.90 Å². The second-order valence-corrected chi connectivity index (χ2v) is 6.37. The van der Waals surface area contributed by atoms with Crippen molar-refractivity contribution in [2.24, 2.45) is 11.8 Å². The zero-order valence-electron chi connectivity index (χ0n) is 13.0. The number of carbonyl (C=O) groups is 2. The van der Waals surface area contributed by atoms with Crippen LogP contribution in [-0.4, -0.2) is 16.8 Å². The van der Waals surface area contributed by atoms with Gasteiger partial charge in [0.2, 0.25) is 11.8 Å². The van der Waals surface area contributed by atoms with E-state index >= 15 is 0 Å². The van der Waals surface area contributed by atoms with E-state index in [2.05, 4.69) is 4.98 Å². The first-order chi connectivity index (χ1) is 11.0. The summed E-state index contributed by atoms with van der Waals surface area (Å²) in [6.45, 7) is 3.82.